The Bertz CT molecular complexity index is 1030. The molecular formula is C24H36N6O8. The van der Waals surface area contributed by atoms with Crippen LogP contribution in [-0.4, -0.2) is 82.0 Å². The van der Waals surface area contributed by atoms with Crippen LogP contribution in [0.3, 0.4) is 0 Å². The average Bonchev–Trinajstić information content (AvgIpc) is 2.84. The molecule has 14 nitrogen and oxygen atoms in total. The summed E-state index contributed by atoms with van der Waals surface area (Å²) in [4.78, 5) is 73.1. The second-order valence-corrected chi connectivity index (χ2v) is 8.98. The van der Waals surface area contributed by atoms with Gasteiger partial charge in [-0.2, -0.15) is 0 Å². The quantitative estimate of drug-likeness (QED) is 0.137. The highest BCUT2D eigenvalue weighted by molar-refractivity contribution is 5.95. The highest BCUT2D eigenvalue weighted by Gasteiger charge is 2.28. The van der Waals surface area contributed by atoms with Crippen molar-refractivity contribution in [1.29, 1.82) is 0 Å². The molecule has 0 heterocycles. The second-order valence-electron chi connectivity index (χ2n) is 8.98. The second kappa shape index (κ2) is 14.5. The molecule has 1 aromatic rings. The first kappa shape index (κ1) is 31.8. The van der Waals surface area contributed by atoms with Crippen molar-refractivity contribution in [2.24, 2.45) is 5.73 Å². The molecule has 1 aromatic carbocycles. The summed E-state index contributed by atoms with van der Waals surface area (Å²) >= 11 is 0. The Morgan fingerprint density at radius 2 is 1.05 bits per heavy atom. The summed E-state index contributed by atoms with van der Waals surface area (Å²) in [5, 5.41) is 30.6. The molecule has 5 amide bonds. The van der Waals surface area contributed by atoms with E-state index in [1.54, 1.807) is 0 Å². The van der Waals surface area contributed by atoms with E-state index in [1.807, 2.05) is 0 Å². The number of benzene rings is 1. The standard InChI is InChI=1S/C24H36N6O8/c1-11(25)19(32)26-12(2)20(33)27-13(3)21(34)28-14(4)22(35)30-18(23(36)29-15(5)24(37)38)10-16-6-8-17(31)9-7-16/h6-9,11-15,18,31H,10,25H2,1-5H3,(H,26,32)(H,27,33)(H,28,34)(H,29,36)(H,30,35)(H,37,38)/t11-,12-,13-,14-,15-,18-/m0/s1. The van der Waals surface area contributed by atoms with E-state index < -0.39 is 71.8 Å². The molecule has 0 aliphatic carbocycles. The molecule has 0 spiro atoms. The number of phenols is 1. The summed E-state index contributed by atoms with van der Waals surface area (Å²) in [6.45, 7) is 6.88. The fourth-order valence-electron chi connectivity index (χ4n) is 2.97. The van der Waals surface area contributed by atoms with Crippen molar-refractivity contribution in [2.45, 2.75) is 77.3 Å². The number of carboxylic acid groups (broad SMARTS) is 1. The molecule has 0 bridgehead atoms. The highest BCUT2D eigenvalue weighted by atomic mass is 16.4. The van der Waals surface area contributed by atoms with Gasteiger partial charge in [0.2, 0.25) is 29.5 Å². The van der Waals surface area contributed by atoms with Crippen LogP contribution in [-0.2, 0) is 35.2 Å². The summed E-state index contributed by atoms with van der Waals surface area (Å²) in [5.74, 6) is -4.65. The Labute approximate surface area is 220 Å². The zero-order valence-corrected chi connectivity index (χ0v) is 21.9. The van der Waals surface area contributed by atoms with E-state index in [-0.39, 0.29) is 12.2 Å². The monoisotopic (exact) mass is 536 g/mol. The molecule has 14 heteroatoms. The number of carboxylic acids is 1. The number of nitrogens with one attached hydrogen (secondary N) is 5. The normalized spacial score (nSPS) is 15.4. The van der Waals surface area contributed by atoms with Crippen LogP contribution in [0, 0.1) is 0 Å². The molecule has 6 atom stereocenters. The summed E-state index contributed by atoms with van der Waals surface area (Å²) in [6.07, 6.45) is -0.0255. The Kier molecular flexibility index (Phi) is 12.2. The molecule has 0 unspecified atom stereocenters. The predicted octanol–water partition coefficient (Wildman–Crippen LogP) is -2.13. The minimum Gasteiger partial charge on any atom is -0.508 e. The average molecular weight is 537 g/mol. The first-order valence-corrected chi connectivity index (χ1v) is 11.9. The minimum absolute atomic E-state index is 0.00143. The lowest BCUT2D eigenvalue weighted by Crippen LogP contribution is -2.58. The Balaban J connectivity index is 2.81. The van der Waals surface area contributed by atoms with E-state index in [1.165, 1.54) is 58.9 Å². The number of nitrogens with two attached hydrogens (primary N) is 1. The smallest absolute Gasteiger partial charge is 0.325 e. The first-order valence-electron chi connectivity index (χ1n) is 11.9. The van der Waals surface area contributed by atoms with Crippen LogP contribution in [0.2, 0.25) is 0 Å². The van der Waals surface area contributed by atoms with E-state index in [2.05, 4.69) is 26.6 Å². The molecule has 0 aromatic heterocycles. The van der Waals surface area contributed by atoms with Crippen LogP contribution in [0.1, 0.15) is 40.2 Å². The van der Waals surface area contributed by atoms with Crippen molar-refractivity contribution in [3.05, 3.63) is 29.8 Å². The van der Waals surface area contributed by atoms with Crippen LogP contribution >= 0.6 is 0 Å². The minimum atomic E-state index is -1.27. The van der Waals surface area contributed by atoms with Gasteiger partial charge in [-0.1, -0.05) is 12.1 Å². The van der Waals surface area contributed by atoms with Crippen molar-refractivity contribution in [3.63, 3.8) is 0 Å². The Hall–Kier alpha value is -4.20. The molecule has 9 N–H and O–H groups in total. The maximum atomic E-state index is 12.8. The Morgan fingerprint density at radius 3 is 1.47 bits per heavy atom. The largest absolute Gasteiger partial charge is 0.508 e. The zero-order valence-electron chi connectivity index (χ0n) is 21.9. The van der Waals surface area contributed by atoms with E-state index in [0.717, 1.165) is 0 Å². The van der Waals surface area contributed by atoms with Crippen LogP contribution < -0.4 is 32.3 Å². The number of hydrogen-bond acceptors (Lipinski definition) is 8. The number of carbonyl (C=O) groups excluding carboxylic acids is 5. The van der Waals surface area contributed by atoms with Gasteiger partial charge in [0.25, 0.3) is 0 Å². The molecule has 0 aliphatic rings. The third kappa shape index (κ3) is 10.4. The molecular weight excluding hydrogens is 500 g/mol. The van der Waals surface area contributed by atoms with Gasteiger partial charge in [-0.05, 0) is 52.3 Å². The molecule has 210 valence electrons. The topological polar surface area (TPSA) is 229 Å². The van der Waals surface area contributed by atoms with Gasteiger partial charge in [0, 0.05) is 6.42 Å². The zero-order chi connectivity index (χ0) is 29.2. The van der Waals surface area contributed by atoms with E-state index in [4.69, 9.17) is 10.8 Å². The number of phenolic OH excluding ortho intramolecular Hbond substituents is 1. The third-order valence-corrected chi connectivity index (χ3v) is 5.41. The summed E-state index contributed by atoms with van der Waals surface area (Å²) in [5.41, 5.74) is 6.02. The van der Waals surface area contributed by atoms with Crippen molar-refractivity contribution < 1.29 is 39.0 Å². The van der Waals surface area contributed by atoms with Gasteiger partial charge in [-0.3, -0.25) is 28.8 Å². The number of carbonyl (C=O) groups is 6. The molecule has 0 radical (unpaired) electrons. The van der Waals surface area contributed by atoms with Gasteiger partial charge in [0.15, 0.2) is 0 Å². The molecule has 1 rings (SSSR count). The van der Waals surface area contributed by atoms with Gasteiger partial charge >= 0.3 is 5.97 Å². The number of rotatable bonds is 13. The SMILES string of the molecule is C[C@H](N)C(=O)N[C@@H](C)C(=O)N[C@@H](C)C(=O)N[C@@H](C)C(=O)N[C@@H](Cc1ccc(O)cc1)C(=O)N[C@@H](C)C(=O)O. The van der Waals surface area contributed by atoms with E-state index >= 15 is 0 Å². The molecule has 0 saturated carbocycles. The van der Waals surface area contributed by atoms with Gasteiger partial charge in [-0.15, -0.1) is 0 Å². The van der Waals surface area contributed by atoms with Crippen LogP contribution in [0.5, 0.6) is 5.75 Å². The van der Waals surface area contributed by atoms with E-state index in [0.29, 0.717) is 5.56 Å². The van der Waals surface area contributed by atoms with Crippen molar-refractivity contribution >= 4 is 35.5 Å². The molecule has 0 fully saturated rings. The van der Waals surface area contributed by atoms with Crippen molar-refractivity contribution in [3.8, 4) is 5.75 Å². The fourth-order valence-corrected chi connectivity index (χ4v) is 2.97. The van der Waals surface area contributed by atoms with E-state index in [9.17, 15) is 33.9 Å². The summed E-state index contributed by atoms with van der Waals surface area (Å²) < 4.78 is 0. The maximum Gasteiger partial charge on any atom is 0.325 e. The fraction of sp³-hybridized carbons (Fsp3) is 0.500. The van der Waals surface area contributed by atoms with Gasteiger partial charge < -0.3 is 42.5 Å². The predicted molar refractivity (Wildman–Crippen MR) is 135 cm³/mol. The lowest BCUT2D eigenvalue weighted by atomic mass is 10.0. The molecule has 0 saturated heterocycles. The van der Waals surface area contributed by atoms with Crippen LogP contribution in [0.4, 0.5) is 0 Å². The Morgan fingerprint density at radius 1 is 0.658 bits per heavy atom. The lowest BCUT2D eigenvalue weighted by Gasteiger charge is -2.24. The van der Waals surface area contributed by atoms with Gasteiger partial charge in [-0.25, -0.2) is 0 Å². The first-order chi connectivity index (χ1) is 17.6. The van der Waals surface area contributed by atoms with Crippen LogP contribution in [0.25, 0.3) is 0 Å². The van der Waals surface area contributed by atoms with Gasteiger partial charge in [0.05, 0.1) is 6.04 Å². The number of amides is 5. The summed E-state index contributed by atoms with van der Waals surface area (Å²) in [6, 6.07) is -0.534. The number of aromatic hydroxyl groups is 1. The lowest BCUT2D eigenvalue weighted by molar-refractivity contribution is -0.141. The maximum absolute atomic E-state index is 12.8. The van der Waals surface area contributed by atoms with Crippen molar-refractivity contribution in [2.75, 3.05) is 0 Å². The van der Waals surface area contributed by atoms with Crippen molar-refractivity contribution in [1.82, 2.24) is 26.6 Å². The highest BCUT2D eigenvalue weighted by Crippen LogP contribution is 2.12. The molecule has 38 heavy (non-hydrogen) atoms. The number of aliphatic carboxylic acids is 1. The van der Waals surface area contributed by atoms with Crippen LogP contribution in [0.15, 0.2) is 24.3 Å². The third-order valence-electron chi connectivity index (χ3n) is 5.41. The molecule has 0 aliphatic heterocycles. The number of hydrogen-bond donors (Lipinski definition) is 8. The van der Waals surface area contributed by atoms with Gasteiger partial charge in [0.1, 0.15) is 36.0 Å². The summed E-state index contributed by atoms with van der Waals surface area (Å²) in [7, 11) is 0.